The van der Waals surface area contributed by atoms with Crippen LogP contribution in [0.5, 0.6) is 0 Å². The quantitative estimate of drug-likeness (QED) is 0.367. The van der Waals surface area contributed by atoms with E-state index in [4.69, 9.17) is 9.47 Å². The van der Waals surface area contributed by atoms with Crippen LogP contribution in [0.3, 0.4) is 0 Å². The number of guanidine groups is 1. The van der Waals surface area contributed by atoms with Crippen molar-refractivity contribution in [3.8, 4) is 0 Å². The number of aryl methyl sites for hydroxylation is 1. The lowest BCUT2D eigenvalue weighted by Crippen LogP contribution is -2.38. The van der Waals surface area contributed by atoms with Crippen LogP contribution >= 0.6 is 11.3 Å². The number of nitrogens with zero attached hydrogens (tertiary/aromatic N) is 2. The Morgan fingerprint density at radius 1 is 1.32 bits per heavy atom. The predicted octanol–water partition coefficient (Wildman–Crippen LogP) is 1.60. The molecule has 0 atom stereocenters. The normalized spacial score (nSPS) is 11.7. The van der Waals surface area contributed by atoms with E-state index in [1.165, 1.54) is 4.88 Å². The molecular weight excluding hydrogens is 300 g/mol. The van der Waals surface area contributed by atoms with Gasteiger partial charge in [-0.15, -0.1) is 11.3 Å². The Balaban J connectivity index is 2.18. The zero-order valence-electron chi connectivity index (χ0n) is 13.9. The van der Waals surface area contributed by atoms with Crippen molar-refractivity contribution >= 4 is 17.3 Å². The molecule has 0 unspecified atom stereocenters. The summed E-state index contributed by atoms with van der Waals surface area (Å²) in [6.45, 7) is 8.58. The molecule has 22 heavy (non-hydrogen) atoms. The van der Waals surface area contributed by atoms with Crippen molar-refractivity contribution in [2.75, 3.05) is 46.6 Å². The van der Waals surface area contributed by atoms with Crippen LogP contribution in [0, 0.1) is 6.92 Å². The molecule has 0 aliphatic carbocycles. The number of thiazole rings is 1. The van der Waals surface area contributed by atoms with Crippen molar-refractivity contribution in [3.05, 3.63) is 16.1 Å². The summed E-state index contributed by atoms with van der Waals surface area (Å²) in [6.07, 6.45) is 3.75. The van der Waals surface area contributed by atoms with Crippen molar-refractivity contribution in [1.29, 1.82) is 0 Å². The van der Waals surface area contributed by atoms with Crippen LogP contribution in [0.4, 0.5) is 0 Å². The molecule has 0 radical (unpaired) electrons. The van der Waals surface area contributed by atoms with Gasteiger partial charge in [-0.25, -0.2) is 4.98 Å². The van der Waals surface area contributed by atoms with Crippen LogP contribution in [0.2, 0.25) is 0 Å². The van der Waals surface area contributed by atoms with Crippen LogP contribution in [-0.2, 0) is 15.9 Å². The van der Waals surface area contributed by atoms with Gasteiger partial charge >= 0.3 is 0 Å². The van der Waals surface area contributed by atoms with Crippen LogP contribution in [0.15, 0.2) is 11.2 Å². The van der Waals surface area contributed by atoms with Crippen molar-refractivity contribution in [2.24, 2.45) is 4.99 Å². The molecule has 1 aromatic rings. The number of rotatable bonds is 11. The van der Waals surface area contributed by atoms with Gasteiger partial charge < -0.3 is 20.1 Å². The van der Waals surface area contributed by atoms with E-state index >= 15 is 0 Å². The van der Waals surface area contributed by atoms with Gasteiger partial charge in [0, 0.05) is 50.8 Å². The van der Waals surface area contributed by atoms with Crippen molar-refractivity contribution in [2.45, 2.75) is 26.7 Å². The highest BCUT2D eigenvalue weighted by molar-refractivity contribution is 7.11. The van der Waals surface area contributed by atoms with Gasteiger partial charge in [-0.1, -0.05) is 0 Å². The van der Waals surface area contributed by atoms with Crippen LogP contribution in [0.25, 0.3) is 0 Å². The van der Waals surface area contributed by atoms with E-state index in [1.54, 1.807) is 18.4 Å². The molecule has 0 spiro atoms. The molecule has 0 amide bonds. The summed E-state index contributed by atoms with van der Waals surface area (Å²) in [6, 6.07) is 0. The third-order valence-corrected chi connectivity index (χ3v) is 3.77. The molecule has 0 aromatic carbocycles. The molecule has 1 heterocycles. The smallest absolute Gasteiger partial charge is 0.191 e. The number of nitrogens with one attached hydrogen (secondary N) is 2. The summed E-state index contributed by atoms with van der Waals surface area (Å²) in [5.41, 5.74) is 0. The highest BCUT2D eigenvalue weighted by atomic mass is 32.1. The van der Waals surface area contributed by atoms with Gasteiger partial charge in [-0.05, 0) is 20.3 Å². The van der Waals surface area contributed by atoms with Crippen LogP contribution in [-0.4, -0.2) is 57.5 Å². The van der Waals surface area contributed by atoms with Crippen molar-refractivity contribution in [3.63, 3.8) is 0 Å². The lowest BCUT2D eigenvalue weighted by Gasteiger charge is -2.10. The maximum Gasteiger partial charge on any atom is 0.191 e. The molecule has 0 saturated carbocycles. The fraction of sp³-hybridized carbons (Fsp3) is 0.733. The molecule has 6 nitrogen and oxygen atoms in total. The van der Waals surface area contributed by atoms with E-state index in [0.29, 0.717) is 19.8 Å². The first-order chi connectivity index (χ1) is 10.8. The predicted molar refractivity (Wildman–Crippen MR) is 91.8 cm³/mol. The molecule has 1 rings (SSSR count). The fourth-order valence-corrected chi connectivity index (χ4v) is 2.53. The Bertz CT molecular complexity index is 423. The van der Waals surface area contributed by atoms with Gasteiger partial charge in [0.25, 0.3) is 0 Å². The first-order valence-electron chi connectivity index (χ1n) is 7.76. The molecule has 7 heteroatoms. The summed E-state index contributed by atoms with van der Waals surface area (Å²) in [4.78, 5) is 10.1. The van der Waals surface area contributed by atoms with E-state index in [9.17, 15) is 0 Å². The minimum absolute atomic E-state index is 0.643. The monoisotopic (exact) mass is 328 g/mol. The SMILES string of the molecule is CCNC(=NCCCOCCOC)NCCc1ncc(C)s1. The van der Waals surface area contributed by atoms with Gasteiger partial charge in [0.2, 0.25) is 0 Å². The Hall–Kier alpha value is -1.18. The highest BCUT2D eigenvalue weighted by Crippen LogP contribution is 2.10. The zero-order valence-corrected chi connectivity index (χ0v) is 14.7. The van der Waals surface area contributed by atoms with Crippen LogP contribution in [0.1, 0.15) is 23.2 Å². The summed E-state index contributed by atoms with van der Waals surface area (Å²) in [5, 5.41) is 7.74. The number of hydrogen-bond donors (Lipinski definition) is 2. The Morgan fingerprint density at radius 3 is 2.86 bits per heavy atom. The van der Waals surface area contributed by atoms with Gasteiger partial charge in [0.15, 0.2) is 5.96 Å². The van der Waals surface area contributed by atoms with Gasteiger partial charge in [0.1, 0.15) is 0 Å². The second-order valence-electron chi connectivity index (χ2n) is 4.76. The third kappa shape index (κ3) is 8.96. The zero-order chi connectivity index (χ0) is 16.0. The number of methoxy groups -OCH3 is 1. The largest absolute Gasteiger partial charge is 0.382 e. The summed E-state index contributed by atoms with van der Waals surface area (Å²) < 4.78 is 10.3. The van der Waals surface area contributed by atoms with Gasteiger partial charge in [-0.3, -0.25) is 4.99 Å². The van der Waals surface area contributed by atoms with Crippen molar-refractivity contribution < 1.29 is 9.47 Å². The van der Waals surface area contributed by atoms with E-state index in [1.807, 2.05) is 6.20 Å². The molecule has 2 N–H and O–H groups in total. The Kier molecular flexibility index (Phi) is 10.6. The molecule has 1 aromatic heterocycles. The lowest BCUT2D eigenvalue weighted by molar-refractivity contribution is 0.0702. The summed E-state index contributed by atoms with van der Waals surface area (Å²) in [7, 11) is 1.68. The van der Waals surface area contributed by atoms with Crippen LogP contribution < -0.4 is 10.6 Å². The number of ether oxygens (including phenoxy) is 2. The maximum absolute atomic E-state index is 5.42. The molecule has 0 fully saturated rings. The van der Waals surface area contributed by atoms with E-state index in [-0.39, 0.29) is 0 Å². The first kappa shape index (κ1) is 18.9. The van der Waals surface area contributed by atoms with E-state index < -0.39 is 0 Å². The topological polar surface area (TPSA) is 67.8 Å². The highest BCUT2D eigenvalue weighted by Gasteiger charge is 2.00. The molecule has 0 aliphatic heterocycles. The molecule has 0 aliphatic rings. The first-order valence-corrected chi connectivity index (χ1v) is 8.58. The maximum atomic E-state index is 5.42. The molecular formula is C15H28N4O2S. The van der Waals surface area contributed by atoms with E-state index in [0.717, 1.165) is 43.4 Å². The number of aromatic nitrogens is 1. The lowest BCUT2D eigenvalue weighted by atomic mass is 10.4. The standard InChI is InChI=1S/C15H28N4O2S/c1-4-16-15(17-7-5-9-21-11-10-20-3)18-8-6-14-19-12-13(2)22-14/h12H,4-11H2,1-3H3,(H2,16,17,18). The van der Waals surface area contributed by atoms with E-state index in [2.05, 4.69) is 34.5 Å². The third-order valence-electron chi connectivity index (χ3n) is 2.79. The molecule has 126 valence electrons. The number of hydrogen-bond acceptors (Lipinski definition) is 5. The average molecular weight is 328 g/mol. The average Bonchev–Trinajstić information content (AvgIpc) is 2.92. The molecule has 0 bridgehead atoms. The van der Waals surface area contributed by atoms with Crippen molar-refractivity contribution in [1.82, 2.24) is 15.6 Å². The van der Waals surface area contributed by atoms with Gasteiger partial charge in [-0.2, -0.15) is 0 Å². The minimum Gasteiger partial charge on any atom is -0.382 e. The second kappa shape index (κ2) is 12.4. The fourth-order valence-electron chi connectivity index (χ4n) is 1.75. The summed E-state index contributed by atoms with van der Waals surface area (Å²) >= 11 is 1.75. The second-order valence-corrected chi connectivity index (χ2v) is 6.08. The Morgan fingerprint density at radius 2 is 2.18 bits per heavy atom. The summed E-state index contributed by atoms with van der Waals surface area (Å²) in [5.74, 6) is 0.854. The Labute approximate surface area is 137 Å². The minimum atomic E-state index is 0.643. The number of aliphatic imine (C=N–C) groups is 1. The molecule has 0 saturated heterocycles. The van der Waals surface area contributed by atoms with Gasteiger partial charge in [0.05, 0.1) is 18.2 Å².